The molecule has 6 heteroatoms. The number of amides is 2. The fourth-order valence-corrected chi connectivity index (χ4v) is 2.47. The van der Waals surface area contributed by atoms with E-state index >= 15 is 0 Å². The Labute approximate surface area is 148 Å². The van der Waals surface area contributed by atoms with Gasteiger partial charge in [-0.15, -0.1) is 6.58 Å². The monoisotopic (exact) mass is 348 g/mol. The number of rotatable bonds is 11. The van der Waals surface area contributed by atoms with E-state index in [-0.39, 0.29) is 37.5 Å². The molecule has 138 valence electrons. The summed E-state index contributed by atoms with van der Waals surface area (Å²) in [6.45, 7) is 4.97. The van der Waals surface area contributed by atoms with Crippen LogP contribution in [0.4, 0.5) is 0 Å². The van der Waals surface area contributed by atoms with Crippen LogP contribution in [0.2, 0.25) is 0 Å². The Morgan fingerprint density at radius 2 is 1.84 bits per heavy atom. The van der Waals surface area contributed by atoms with Gasteiger partial charge >= 0.3 is 0 Å². The molecule has 3 unspecified atom stereocenters. The molecule has 0 bridgehead atoms. The van der Waals surface area contributed by atoms with E-state index in [1.807, 2.05) is 30.3 Å². The van der Waals surface area contributed by atoms with Crippen molar-refractivity contribution in [3.05, 3.63) is 48.6 Å². The number of carbonyl (C=O) groups is 2. The summed E-state index contributed by atoms with van der Waals surface area (Å²) in [5.74, 6) is -1.15. The molecule has 0 fully saturated rings. The number of benzene rings is 1. The van der Waals surface area contributed by atoms with Crippen molar-refractivity contribution in [2.75, 3.05) is 13.2 Å². The minimum Gasteiger partial charge on any atom is -0.394 e. The highest BCUT2D eigenvalue weighted by molar-refractivity contribution is 5.86. The molecule has 0 aliphatic rings. The van der Waals surface area contributed by atoms with Gasteiger partial charge in [0.1, 0.15) is 0 Å². The minimum atomic E-state index is -0.562. The molecule has 0 saturated heterocycles. The third-order valence-electron chi connectivity index (χ3n) is 3.83. The summed E-state index contributed by atoms with van der Waals surface area (Å²) < 4.78 is 0. The maximum absolute atomic E-state index is 12.5. The van der Waals surface area contributed by atoms with Crippen molar-refractivity contribution in [1.82, 2.24) is 10.6 Å². The number of carbonyl (C=O) groups excluding carboxylic acids is 2. The number of aliphatic hydroxyl groups is 2. The van der Waals surface area contributed by atoms with E-state index in [1.54, 1.807) is 13.0 Å². The molecular weight excluding hydrogens is 320 g/mol. The van der Waals surface area contributed by atoms with Crippen molar-refractivity contribution in [3.63, 3.8) is 0 Å². The van der Waals surface area contributed by atoms with Crippen molar-refractivity contribution in [2.24, 2.45) is 5.92 Å². The van der Waals surface area contributed by atoms with E-state index in [4.69, 9.17) is 5.11 Å². The molecule has 0 spiro atoms. The lowest BCUT2D eigenvalue weighted by Crippen LogP contribution is -2.44. The highest BCUT2D eigenvalue weighted by Gasteiger charge is 2.23. The Balaban J connectivity index is 2.63. The minimum absolute atomic E-state index is 0.00563. The van der Waals surface area contributed by atoms with Gasteiger partial charge in [-0.1, -0.05) is 36.4 Å². The summed E-state index contributed by atoms with van der Waals surface area (Å²) in [6.07, 6.45) is 2.47. The van der Waals surface area contributed by atoms with Crippen LogP contribution >= 0.6 is 0 Å². The first-order chi connectivity index (χ1) is 12.0. The van der Waals surface area contributed by atoms with E-state index in [0.717, 1.165) is 5.56 Å². The summed E-state index contributed by atoms with van der Waals surface area (Å²) in [5.41, 5.74) is 1.01. The molecule has 0 heterocycles. The smallest absolute Gasteiger partial charge is 0.224 e. The molecule has 2 amide bonds. The predicted octanol–water partition coefficient (Wildman–Crippen LogP) is 0.786. The Kier molecular flexibility index (Phi) is 9.50. The van der Waals surface area contributed by atoms with Crippen LogP contribution in [0.15, 0.2) is 43.0 Å². The lowest BCUT2D eigenvalue weighted by Gasteiger charge is -2.21. The predicted molar refractivity (Wildman–Crippen MR) is 96.8 cm³/mol. The van der Waals surface area contributed by atoms with Gasteiger partial charge in [0.25, 0.3) is 0 Å². The van der Waals surface area contributed by atoms with Gasteiger partial charge in [0, 0.05) is 12.5 Å². The lowest BCUT2D eigenvalue weighted by molar-refractivity contribution is -0.131. The van der Waals surface area contributed by atoms with Crippen LogP contribution in [0.5, 0.6) is 0 Å². The third-order valence-corrected chi connectivity index (χ3v) is 3.83. The van der Waals surface area contributed by atoms with E-state index in [0.29, 0.717) is 12.8 Å². The Morgan fingerprint density at radius 3 is 2.40 bits per heavy atom. The zero-order valence-corrected chi connectivity index (χ0v) is 14.6. The number of nitrogens with one attached hydrogen (secondary N) is 2. The number of hydrogen-bond donors (Lipinski definition) is 4. The second-order valence-electron chi connectivity index (χ2n) is 6.15. The molecular formula is C19H28N2O4. The summed E-state index contributed by atoms with van der Waals surface area (Å²) in [7, 11) is 0. The third kappa shape index (κ3) is 7.96. The van der Waals surface area contributed by atoms with E-state index < -0.39 is 12.0 Å². The molecule has 0 radical (unpaired) electrons. The maximum atomic E-state index is 12.5. The average molecular weight is 348 g/mol. The molecule has 1 aromatic rings. The second-order valence-corrected chi connectivity index (χ2v) is 6.15. The highest BCUT2D eigenvalue weighted by atomic mass is 16.3. The fraction of sp³-hybridized carbons (Fsp3) is 0.474. The lowest BCUT2D eigenvalue weighted by atomic mass is 9.98. The average Bonchev–Trinajstić information content (AvgIpc) is 2.61. The summed E-state index contributed by atoms with van der Waals surface area (Å²) in [5, 5.41) is 24.0. The number of aliphatic hydroxyl groups excluding tert-OH is 2. The van der Waals surface area contributed by atoms with Gasteiger partial charge in [0.2, 0.25) is 11.8 Å². The van der Waals surface area contributed by atoms with Crippen molar-refractivity contribution < 1.29 is 19.8 Å². The summed E-state index contributed by atoms with van der Waals surface area (Å²) in [6, 6.07) is 8.80. The van der Waals surface area contributed by atoms with Crippen LogP contribution in [0.3, 0.4) is 0 Å². The quantitative estimate of drug-likeness (QED) is 0.444. The van der Waals surface area contributed by atoms with Gasteiger partial charge in [-0.25, -0.2) is 0 Å². The van der Waals surface area contributed by atoms with E-state index in [9.17, 15) is 14.7 Å². The van der Waals surface area contributed by atoms with Gasteiger partial charge in [-0.2, -0.15) is 0 Å². The van der Waals surface area contributed by atoms with Gasteiger partial charge in [0.05, 0.1) is 25.2 Å². The van der Waals surface area contributed by atoms with Crippen molar-refractivity contribution in [2.45, 2.75) is 38.3 Å². The number of hydrogen-bond acceptors (Lipinski definition) is 4. The van der Waals surface area contributed by atoms with Gasteiger partial charge in [-0.3, -0.25) is 9.59 Å². The van der Waals surface area contributed by atoms with E-state index in [2.05, 4.69) is 17.2 Å². The topological polar surface area (TPSA) is 98.7 Å². The van der Waals surface area contributed by atoms with Crippen LogP contribution in [-0.4, -0.2) is 47.3 Å². The van der Waals surface area contributed by atoms with Crippen LogP contribution in [0.25, 0.3) is 0 Å². The zero-order chi connectivity index (χ0) is 18.7. The van der Waals surface area contributed by atoms with Gasteiger partial charge in [0.15, 0.2) is 0 Å². The largest absolute Gasteiger partial charge is 0.394 e. The van der Waals surface area contributed by atoms with Crippen molar-refractivity contribution >= 4 is 11.8 Å². The zero-order valence-electron chi connectivity index (χ0n) is 14.6. The molecule has 0 aromatic heterocycles. The molecule has 6 nitrogen and oxygen atoms in total. The molecule has 1 aromatic carbocycles. The Hall–Kier alpha value is -2.18. The molecule has 0 aliphatic carbocycles. The number of allylic oxidation sites excluding steroid dienone is 1. The molecule has 1 rings (SSSR count). The first-order valence-corrected chi connectivity index (χ1v) is 8.46. The Morgan fingerprint density at radius 1 is 1.16 bits per heavy atom. The molecule has 3 atom stereocenters. The molecule has 4 N–H and O–H groups in total. The first kappa shape index (κ1) is 20.9. The summed E-state index contributed by atoms with van der Waals surface area (Å²) in [4.78, 5) is 24.4. The SMILES string of the molecule is C=CCC(CC(=O)NC(C)CO)C(=O)NC(CO)Cc1ccccc1. The standard InChI is InChI=1S/C19H28N2O4/c1-3-7-16(11-18(24)20-14(2)12-22)19(25)21-17(13-23)10-15-8-5-4-6-9-15/h3-6,8-9,14,16-17,22-23H,1,7,10-13H2,2H3,(H,20,24)(H,21,25). The van der Waals surface area contributed by atoms with Gasteiger partial charge in [-0.05, 0) is 25.3 Å². The molecule has 0 aliphatic heterocycles. The molecule has 25 heavy (non-hydrogen) atoms. The van der Waals surface area contributed by atoms with Crippen molar-refractivity contribution in [1.29, 1.82) is 0 Å². The van der Waals surface area contributed by atoms with Crippen LogP contribution in [-0.2, 0) is 16.0 Å². The van der Waals surface area contributed by atoms with Crippen LogP contribution < -0.4 is 10.6 Å². The van der Waals surface area contributed by atoms with Crippen LogP contribution in [0.1, 0.15) is 25.3 Å². The van der Waals surface area contributed by atoms with Crippen LogP contribution in [0, 0.1) is 5.92 Å². The normalized spacial score (nSPS) is 14.2. The highest BCUT2D eigenvalue weighted by Crippen LogP contribution is 2.11. The van der Waals surface area contributed by atoms with E-state index in [1.165, 1.54) is 0 Å². The first-order valence-electron chi connectivity index (χ1n) is 8.46. The fourth-order valence-electron chi connectivity index (χ4n) is 2.47. The second kappa shape index (κ2) is 11.4. The maximum Gasteiger partial charge on any atom is 0.224 e. The van der Waals surface area contributed by atoms with Crippen molar-refractivity contribution in [3.8, 4) is 0 Å². The Bertz CT molecular complexity index is 548. The summed E-state index contributed by atoms with van der Waals surface area (Å²) >= 11 is 0. The molecule has 0 saturated carbocycles. The van der Waals surface area contributed by atoms with Gasteiger partial charge < -0.3 is 20.8 Å².